The van der Waals surface area contributed by atoms with Crippen molar-refractivity contribution in [2.45, 2.75) is 31.7 Å². The van der Waals surface area contributed by atoms with Crippen molar-refractivity contribution in [3.8, 4) is 11.3 Å². The summed E-state index contributed by atoms with van der Waals surface area (Å²) in [6.07, 6.45) is 6.00. The first-order chi connectivity index (χ1) is 12.1. The van der Waals surface area contributed by atoms with Gasteiger partial charge in [-0.3, -0.25) is 9.69 Å². The van der Waals surface area contributed by atoms with E-state index < -0.39 is 0 Å². The van der Waals surface area contributed by atoms with Crippen molar-refractivity contribution in [3.05, 3.63) is 52.9 Å². The smallest absolute Gasteiger partial charge is 0.266 e. The highest BCUT2D eigenvalue weighted by molar-refractivity contribution is 8.26. The lowest BCUT2D eigenvalue weighted by Crippen LogP contribution is -2.36. The van der Waals surface area contributed by atoms with Gasteiger partial charge in [-0.25, -0.2) is 4.39 Å². The van der Waals surface area contributed by atoms with Crippen molar-refractivity contribution in [2.75, 3.05) is 0 Å². The Hall–Kier alpha value is -1.92. The van der Waals surface area contributed by atoms with Gasteiger partial charge in [0.05, 0.1) is 10.5 Å². The minimum atomic E-state index is -0.337. The van der Waals surface area contributed by atoms with E-state index in [1.807, 2.05) is 0 Å². The molecule has 0 spiro atoms. The maximum Gasteiger partial charge on any atom is 0.266 e. The molecule has 1 aliphatic carbocycles. The van der Waals surface area contributed by atoms with Crippen LogP contribution in [0.4, 0.5) is 4.39 Å². The highest BCUT2D eigenvalue weighted by Crippen LogP contribution is 2.38. The van der Waals surface area contributed by atoms with Crippen molar-refractivity contribution < 1.29 is 13.6 Å². The highest BCUT2D eigenvalue weighted by atomic mass is 32.2. The number of nitrogens with zero attached hydrogens (tertiary/aromatic N) is 1. The molecule has 0 N–H and O–H groups in total. The van der Waals surface area contributed by atoms with Crippen molar-refractivity contribution in [2.24, 2.45) is 0 Å². The molecule has 1 amide bonds. The monoisotopic (exact) mass is 373 g/mol. The molecule has 0 atom stereocenters. The largest absolute Gasteiger partial charge is 0.457 e. The highest BCUT2D eigenvalue weighted by Gasteiger charge is 2.38. The summed E-state index contributed by atoms with van der Waals surface area (Å²) in [6, 6.07) is 10.1. The topological polar surface area (TPSA) is 33.5 Å². The average Bonchev–Trinajstić information content (AvgIpc) is 3.31. The van der Waals surface area contributed by atoms with Crippen LogP contribution in [0.25, 0.3) is 17.4 Å². The van der Waals surface area contributed by atoms with Crippen molar-refractivity contribution >= 4 is 40.3 Å². The molecule has 1 saturated heterocycles. The minimum absolute atomic E-state index is 0.0502. The molecule has 128 valence electrons. The van der Waals surface area contributed by atoms with E-state index in [9.17, 15) is 9.18 Å². The zero-order valence-electron chi connectivity index (χ0n) is 13.4. The van der Waals surface area contributed by atoms with E-state index in [-0.39, 0.29) is 17.8 Å². The standard InChI is InChI=1S/C19H16FNO2S2/c20-15-8-4-3-7-14(15)16-10-9-13(23-16)11-17-18(22)21(19(24)25-17)12-5-1-2-6-12/h3-4,7-12H,1-2,5-6H2/b17-11-. The van der Waals surface area contributed by atoms with E-state index in [1.54, 1.807) is 41.3 Å². The molecule has 0 unspecified atom stereocenters. The number of thiocarbonyl (C=S) groups is 1. The third kappa shape index (κ3) is 3.16. The summed E-state index contributed by atoms with van der Waals surface area (Å²) >= 11 is 6.70. The molecule has 0 bridgehead atoms. The molecule has 1 aromatic carbocycles. The van der Waals surface area contributed by atoms with E-state index in [0.717, 1.165) is 25.7 Å². The number of hydrogen-bond acceptors (Lipinski definition) is 4. The third-order valence-corrected chi connectivity index (χ3v) is 5.88. The van der Waals surface area contributed by atoms with Crippen LogP contribution in [0.15, 0.2) is 45.7 Å². The lowest BCUT2D eigenvalue weighted by molar-refractivity contribution is -0.123. The van der Waals surface area contributed by atoms with E-state index >= 15 is 0 Å². The Balaban J connectivity index is 1.58. The molecule has 1 saturated carbocycles. The number of hydrogen-bond donors (Lipinski definition) is 0. The summed E-state index contributed by atoms with van der Waals surface area (Å²) in [4.78, 5) is 15.0. The van der Waals surface area contributed by atoms with Gasteiger partial charge in [-0.1, -0.05) is 49.0 Å². The molecular weight excluding hydrogens is 357 g/mol. The Morgan fingerprint density at radius 3 is 2.72 bits per heavy atom. The molecule has 0 radical (unpaired) electrons. The van der Waals surface area contributed by atoms with Gasteiger partial charge < -0.3 is 4.42 Å². The van der Waals surface area contributed by atoms with Gasteiger partial charge >= 0.3 is 0 Å². The fraction of sp³-hybridized carbons (Fsp3) is 0.263. The Morgan fingerprint density at radius 1 is 1.20 bits per heavy atom. The molecule has 1 aromatic heterocycles. The molecular formula is C19H16FNO2S2. The SMILES string of the molecule is O=C1/C(=C/c2ccc(-c3ccccc3F)o2)SC(=S)N1C1CCCC1. The number of carbonyl (C=O) groups excluding carboxylic acids is 1. The van der Waals surface area contributed by atoms with Gasteiger partial charge in [0.25, 0.3) is 5.91 Å². The summed E-state index contributed by atoms with van der Waals surface area (Å²) < 4.78 is 20.2. The second-order valence-electron chi connectivity index (χ2n) is 6.17. The van der Waals surface area contributed by atoms with Crippen LogP contribution >= 0.6 is 24.0 Å². The second kappa shape index (κ2) is 6.77. The van der Waals surface area contributed by atoms with Gasteiger partial charge in [0.1, 0.15) is 21.7 Å². The molecule has 6 heteroatoms. The van der Waals surface area contributed by atoms with Crippen LogP contribution in [0.1, 0.15) is 31.4 Å². The second-order valence-corrected chi connectivity index (χ2v) is 7.85. The molecule has 25 heavy (non-hydrogen) atoms. The van der Waals surface area contributed by atoms with Crippen molar-refractivity contribution in [3.63, 3.8) is 0 Å². The fourth-order valence-electron chi connectivity index (χ4n) is 3.32. The molecule has 2 heterocycles. The maximum absolute atomic E-state index is 13.9. The number of halogens is 1. The lowest BCUT2D eigenvalue weighted by atomic mass is 10.1. The van der Waals surface area contributed by atoms with E-state index in [4.69, 9.17) is 16.6 Å². The first-order valence-corrected chi connectivity index (χ1v) is 9.48. The van der Waals surface area contributed by atoms with Gasteiger partial charge in [-0.05, 0) is 37.1 Å². The number of thioether (sulfide) groups is 1. The Bertz CT molecular complexity index is 868. The predicted octanol–water partition coefficient (Wildman–Crippen LogP) is 5.23. The maximum atomic E-state index is 13.9. The normalized spacial score (nSPS) is 20.2. The number of amides is 1. The van der Waals surface area contributed by atoms with Crippen LogP contribution in [-0.4, -0.2) is 21.2 Å². The minimum Gasteiger partial charge on any atom is -0.457 e. The fourth-order valence-corrected chi connectivity index (χ4v) is 4.70. The van der Waals surface area contributed by atoms with Crippen molar-refractivity contribution in [1.82, 2.24) is 4.90 Å². The number of carbonyl (C=O) groups is 1. The van der Waals surface area contributed by atoms with Crippen LogP contribution in [0.3, 0.4) is 0 Å². The Morgan fingerprint density at radius 2 is 1.96 bits per heavy atom. The van der Waals surface area contributed by atoms with E-state index in [2.05, 4.69) is 0 Å². The summed E-state index contributed by atoms with van der Waals surface area (Å²) in [5, 5.41) is 0. The Labute approximate surface area is 154 Å². The summed E-state index contributed by atoms with van der Waals surface area (Å²) in [5.41, 5.74) is 0.403. The zero-order valence-corrected chi connectivity index (χ0v) is 15.0. The lowest BCUT2D eigenvalue weighted by Gasteiger charge is -2.21. The van der Waals surface area contributed by atoms with Crippen LogP contribution < -0.4 is 0 Å². The first-order valence-electron chi connectivity index (χ1n) is 8.25. The molecule has 2 aliphatic rings. The Kier molecular flexibility index (Phi) is 4.48. The summed E-state index contributed by atoms with van der Waals surface area (Å²) in [7, 11) is 0. The van der Waals surface area contributed by atoms with Gasteiger partial charge in [-0.2, -0.15) is 0 Å². The molecule has 1 aliphatic heterocycles. The summed E-state index contributed by atoms with van der Waals surface area (Å²) in [6.45, 7) is 0. The van der Waals surface area contributed by atoms with Gasteiger partial charge in [0.15, 0.2) is 0 Å². The van der Waals surface area contributed by atoms with Gasteiger partial charge in [-0.15, -0.1) is 0 Å². The zero-order chi connectivity index (χ0) is 17.4. The number of benzene rings is 1. The van der Waals surface area contributed by atoms with Crippen LogP contribution in [0.2, 0.25) is 0 Å². The van der Waals surface area contributed by atoms with Crippen molar-refractivity contribution in [1.29, 1.82) is 0 Å². The molecule has 2 aromatic rings. The van der Waals surface area contributed by atoms with Gasteiger partial charge in [0.2, 0.25) is 0 Å². The number of rotatable bonds is 3. The molecule has 2 fully saturated rings. The first kappa shape index (κ1) is 16.5. The quantitative estimate of drug-likeness (QED) is 0.545. The summed E-state index contributed by atoms with van der Waals surface area (Å²) in [5.74, 6) is 0.572. The van der Waals surface area contributed by atoms with Crippen LogP contribution in [0.5, 0.6) is 0 Å². The van der Waals surface area contributed by atoms with Crippen LogP contribution in [0, 0.1) is 5.82 Å². The number of furan rings is 1. The van der Waals surface area contributed by atoms with Gasteiger partial charge in [0, 0.05) is 12.1 Å². The van der Waals surface area contributed by atoms with Crippen LogP contribution in [-0.2, 0) is 4.79 Å². The molecule has 4 rings (SSSR count). The predicted molar refractivity (Wildman–Crippen MR) is 101 cm³/mol. The molecule has 3 nitrogen and oxygen atoms in total. The van der Waals surface area contributed by atoms with E-state index in [0.29, 0.717) is 26.3 Å². The average molecular weight is 373 g/mol. The van der Waals surface area contributed by atoms with E-state index in [1.165, 1.54) is 17.8 Å². The third-order valence-electron chi connectivity index (χ3n) is 4.55.